The second-order valence-corrected chi connectivity index (χ2v) is 6.32. The van der Waals surface area contributed by atoms with Gasteiger partial charge in [0.2, 0.25) is 0 Å². The highest BCUT2D eigenvalue weighted by atomic mass is 16.6. The predicted molar refractivity (Wildman–Crippen MR) is 96.5 cm³/mol. The summed E-state index contributed by atoms with van der Waals surface area (Å²) < 4.78 is 0. The van der Waals surface area contributed by atoms with Gasteiger partial charge in [-0.1, -0.05) is 30.3 Å². The summed E-state index contributed by atoms with van der Waals surface area (Å²) in [6.45, 7) is 3.18. The molecule has 0 fully saturated rings. The van der Waals surface area contributed by atoms with E-state index in [0.717, 1.165) is 5.56 Å². The summed E-state index contributed by atoms with van der Waals surface area (Å²) in [6, 6.07) is 9.36. The van der Waals surface area contributed by atoms with E-state index in [0.29, 0.717) is 22.8 Å². The number of aromatic nitrogens is 4. The first-order chi connectivity index (χ1) is 12.9. The van der Waals surface area contributed by atoms with E-state index in [4.69, 9.17) is 0 Å². The summed E-state index contributed by atoms with van der Waals surface area (Å²) in [5.74, 6) is -0.256. The Morgan fingerprint density at radius 1 is 0.889 bits per heavy atom. The van der Waals surface area contributed by atoms with Crippen molar-refractivity contribution in [1.29, 1.82) is 0 Å². The van der Waals surface area contributed by atoms with Gasteiger partial charge in [0.1, 0.15) is 22.8 Å². The van der Waals surface area contributed by atoms with Crippen molar-refractivity contribution in [3.8, 4) is 0 Å². The van der Waals surface area contributed by atoms with Gasteiger partial charge in [0.15, 0.2) is 0 Å². The molecule has 0 saturated heterocycles. The third kappa shape index (κ3) is 3.68. The van der Waals surface area contributed by atoms with Gasteiger partial charge in [0.05, 0.1) is 9.85 Å². The Morgan fingerprint density at radius 3 is 1.74 bits per heavy atom. The van der Waals surface area contributed by atoms with Gasteiger partial charge in [-0.3, -0.25) is 30.4 Å². The van der Waals surface area contributed by atoms with Crippen molar-refractivity contribution in [3.05, 3.63) is 78.9 Å². The average Bonchev–Trinajstić information content (AvgIpc) is 3.17. The molecule has 140 valence electrons. The molecule has 3 aromatic rings. The lowest BCUT2D eigenvalue weighted by molar-refractivity contribution is -0.386. The Kier molecular flexibility index (Phi) is 4.97. The molecule has 0 bridgehead atoms. The molecule has 2 heterocycles. The Labute approximate surface area is 153 Å². The first kappa shape index (κ1) is 18.2. The molecule has 0 radical (unpaired) electrons. The summed E-state index contributed by atoms with van der Waals surface area (Å²) in [7, 11) is 0. The largest absolute Gasteiger partial charge is 0.312 e. The standard InChI is InChI=1S/C17H18N6O4/c1-10-16(22(24)25)14(20-18-10)8-13(12-6-4-3-5-7-12)9-15-17(23(26)27)11(2)19-21-15/h3-7,13H,8-9H2,1-2H3,(H,18,20)(H,19,21). The van der Waals surface area contributed by atoms with Gasteiger partial charge in [-0.05, 0) is 25.3 Å². The van der Waals surface area contributed by atoms with Crippen LogP contribution in [-0.4, -0.2) is 30.2 Å². The fourth-order valence-corrected chi connectivity index (χ4v) is 3.22. The normalized spacial score (nSPS) is 11.1. The van der Waals surface area contributed by atoms with E-state index in [1.807, 2.05) is 30.3 Å². The lowest BCUT2D eigenvalue weighted by Crippen LogP contribution is -2.10. The molecule has 0 aliphatic rings. The molecule has 0 aliphatic carbocycles. The molecule has 10 heteroatoms. The van der Waals surface area contributed by atoms with Crippen LogP contribution in [0.2, 0.25) is 0 Å². The summed E-state index contributed by atoms with van der Waals surface area (Å²) in [5.41, 5.74) is 2.20. The predicted octanol–water partition coefficient (Wildman–Crippen LogP) is 3.14. The molecule has 2 aromatic heterocycles. The molecule has 0 saturated carbocycles. The van der Waals surface area contributed by atoms with E-state index < -0.39 is 9.85 Å². The second kappa shape index (κ2) is 7.36. The zero-order valence-corrected chi connectivity index (χ0v) is 14.8. The van der Waals surface area contributed by atoms with Crippen molar-refractivity contribution in [2.45, 2.75) is 32.6 Å². The molecule has 3 rings (SSSR count). The van der Waals surface area contributed by atoms with Crippen LogP contribution in [0.4, 0.5) is 11.4 Å². The molecular formula is C17H18N6O4. The van der Waals surface area contributed by atoms with E-state index >= 15 is 0 Å². The van der Waals surface area contributed by atoms with E-state index in [1.165, 1.54) is 0 Å². The average molecular weight is 370 g/mol. The molecule has 0 amide bonds. The van der Waals surface area contributed by atoms with Crippen molar-refractivity contribution in [1.82, 2.24) is 20.4 Å². The third-order valence-electron chi connectivity index (χ3n) is 4.49. The minimum Gasteiger partial charge on any atom is -0.275 e. The van der Waals surface area contributed by atoms with Gasteiger partial charge in [-0.25, -0.2) is 0 Å². The molecule has 0 aliphatic heterocycles. The van der Waals surface area contributed by atoms with Crippen molar-refractivity contribution in [2.24, 2.45) is 0 Å². The number of benzene rings is 1. The topological polar surface area (TPSA) is 144 Å². The Morgan fingerprint density at radius 2 is 1.33 bits per heavy atom. The van der Waals surface area contributed by atoms with Crippen LogP contribution < -0.4 is 0 Å². The van der Waals surface area contributed by atoms with Gasteiger partial charge < -0.3 is 0 Å². The molecule has 2 N–H and O–H groups in total. The van der Waals surface area contributed by atoms with Crippen molar-refractivity contribution in [3.63, 3.8) is 0 Å². The third-order valence-corrected chi connectivity index (χ3v) is 4.49. The van der Waals surface area contributed by atoms with Crippen LogP contribution in [0.25, 0.3) is 0 Å². The number of aryl methyl sites for hydroxylation is 2. The maximum absolute atomic E-state index is 11.4. The van der Waals surface area contributed by atoms with Crippen LogP contribution in [0.15, 0.2) is 30.3 Å². The Bertz CT molecular complexity index is 918. The molecule has 0 atom stereocenters. The molecule has 0 unspecified atom stereocenters. The molecule has 1 aromatic carbocycles. The zero-order chi connectivity index (χ0) is 19.6. The zero-order valence-electron chi connectivity index (χ0n) is 14.8. The fraction of sp³-hybridized carbons (Fsp3) is 0.294. The monoisotopic (exact) mass is 370 g/mol. The summed E-state index contributed by atoms with van der Waals surface area (Å²) in [6.07, 6.45) is 0.515. The quantitative estimate of drug-likeness (QED) is 0.483. The molecular weight excluding hydrogens is 352 g/mol. The Hall–Kier alpha value is -3.56. The number of hydrogen-bond donors (Lipinski definition) is 2. The number of nitrogens with one attached hydrogen (secondary N) is 2. The minimum absolute atomic E-state index is 0.0522. The van der Waals surface area contributed by atoms with E-state index in [-0.39, 0.29) is 30.1 Å². The van der Waals surface area contributed by atoms with Crippen LogP contribution >= 0.6 is 0 Å². The van der Waals surface area contributed by atoms with Crippen LogP contribution in [0.5, 0.6) is 0 Å². The van der Waals surface area contributed by atoms with Crippen LogP contribution in [-0.2, 0) is 12.8 Å². The lowest BCUT2D eigenvalue weighted by Gasteiger charge is -2.15. The number of nitrogens with zero attached hydrogens (tertiary/aromatic N) is 4. The highest BCUT2D eigenvalue weighted by Crippen LogP contribution is 2.32. The van der Waals surface area contributed by atoms with E-state index in [2.05, 4.69) is 20.4 Å². The SMILES string of the molecule is Cc1[nH]nc(CC(Cc2n[nH]c(C)c2[N+](=O)[O-])c2ccccc2)c1[N+](=O)[O-]. The maximum atomic E-state index is 11.4. The van der Waals surface area contributed by atoms with Gasteiger partial charge >= 0.3 is 11.4 Å². The molecule has 10 nitrogen and oxygen atoms in total. The van der Waals surface area contributed by atoms with Crippen LogP contribution in [0.3, 0.4) is 0 Å². The number of rotatable bonds is 7. The fourth-order valence-electron chi connectivity index (χ4n) is 3.22. The van der Waals surface area contributed by atoms with Crippen molar-refractivity contribution >= 4 is 11.4 Å². The number of hydrogen-bond acceptors (Lipinski definition) is 6. The van der Waals surface area contributed by atoms with Gasteiger partial charge in [-0.2, -0.15) is 10.2 Å². The van der Waals surface area contributed by atoms with Crippen molar-refractivity contribution < 1.29 is 9.85 Å². The number of H-pyrrole nitrogens is 2. The molecule has 27 heavy (non-hydrogen) atoms. The number of aromatic amines is 2. The van der Waals surface area contributed by atoms with Gasteiger partial charge in [0, 0.05) is 12.8 Å². The van der Waals surface area contributed by atoms with Crippen LogP contribution in [0, 0.1) is 34.1 Å². The number of nitro groups is 2. The minimum atomic E-state index is -0.461. The Balaban J connectivity index is 1.99. The van der Waals surface area contributed by atoms with E-state index in [9.17, 15) is 20.2 Å². The first-order valence-corrected chi connectivity index (χ1v) is 8.29. The first-order valence-electron chi connectivity index (χ1n) is 8.29. The lowest BCUT2D eigenvalue weighted by atomic mass is 9.89. The maximum Gasteiger partial charge on any atom is 0.312 e. The smallest absolute Gasteiger partial charge is 0.275 e. The molecule has 0 spiro atoms. The summed E-state index contributed by atoms with van der Waals surface area (Å²) in [4.78, 5) is 21.8. The summed E-state index contributed by atoms with van der Waals surface area (Å²) >= 11 is 0. The van der Waals surface area contributed by atoms with Gasteiger partial charge in [-0.15, -0.1) is 0 Å². The highest BCUT2D eigenvalue weighted by molar-refractivity contribution is 5.43. The van der Waals surface area contributed by atoms with Crippen LogP contribution in [0.1, 0.15) is 34.3 Å². The highest BCUT2D eigenvalue weighted by Gasteiger charge is 2.29. The second-order valence-electron chi connectivity index (χ2n) is 6.32. The van der Waals surface area contributed by atoms with Crippen molar-refractivity contribution in [2.75, 3.05) is 0 Å². The summed E-state index contributed by atoms with van der Waals surface area (Å²) in [5, 5.41) is 36.2. The van der Waals surface area contributed by atoms with Gasteiger partial charge in [0.25, 0.3) is 0 Å². The van der Waals surface area contributed by atoms with E-state index in [1.54, 1.807) is 13.8 Å².